The third-order valence-electron chi connectivity index (χ3n) is 4.70. The molecule has 3 aromatic carbocycles. The minimum atomic E-state index is -4.93. The van der Waals surface area contributed by atoms with Gasteiger partial charge < -0.3 is 9.15 Å². The van der Waals surface area contributed by atoms with Crippen LogP contribution in [0.25, 0.3) is 22.1 Å². The van der Waals surface area contributed by atoms with Crippen LogP contribution < -0.4 is 10.2 Å². The fraction of sp³-hybridized carbons (Fsp3) is 0.0870. The maximum absolute atomic E-state index is 13.9. The molecule has 0 bridgehead atoms. The lowest BCUT2D eigenvalue weighted by molar-refractivity contribution is -0.152. The number of halogens is 6. The molecule has 1 heterocycles. The minimum Gasteiger partial charge on any atom is -0.489 e. The van der Waals surface area contributed by atoms with E-state index in [9.17, 15) is 22.4 Å². The summed E-state index contributed by atoms with van der Waals surface area (Å²) >= 11 is 11.8. The summed E-state index contributed by atoms with van der Waals surface area (Å²) in [6, 6.07) is 13.3. The van der Waals surface area contributed by atoms with Gasteiger partial charge in [-0.05, 0) is 42.0 Å². The molecule has 1 aromatic heterocycles. The summed E-state index contributed by atoms with van der Waals surface area (Å²) < 4.78 is 65.7. The lowest BCUT2D eigenvalue weighted by atomic mass is 10.0. The Kier molecular flexibility index (Phi) is 5.88. The Balaban J connectivity index is 1.79. The number of fused-ring (bicyclic) bond motifs is 1. The molecule has 0 saturated heterocycles. The fourth-order valence-corrected chi connectivity index (χ4v) is 3.51. The van der Waals surface area contributed by atoms with Crippen LogP contribution in [0.4, 0.5) is 17.6 Å². The number of alkyl halides is 3. The van der Waals surface area contributed by atoms with Gasteiger partial charge in [-0.25, -0.2) is 4.39 Å². The van der Waals surface area contributed by atoms with Gasteiger partial charge in [-0.15, -0.1) is 0 Å². The molecule has 9 heteroatoms. The number of hydrogen-bond donors (Lipinski definition) is 0. The van der Waals surface area contributed by atoms with Gasteiger partial charge in [0.1, 0.15) is 23.8 Å². The van der Waals surface area contributed by atoms with Crippen LogP contribution in [0.3, 0.4) is 0 Å². The monoisotopic (exact) mass is 482 g/mol. The van der Waals surface area contributed by atoms with Crippen LogP contribution in [-0.2, 0) is 12.8 Å². The van der Waals surface area contributed by atoms with E-state index in [4.69, 9.17) is 32.4 Å². The Morgan fingerprint density at radius 1 is 0.969 bits per heavy atom. The van der Waals surface area contributed by atoms with Crippen molar-refractivity contribution < 1.29 is 26.7 Å². The summed E-state index contributed by atoms with van der Waals surface area (Å²) in [6.45, 7) is -0.268. The molecule has 0 aliphatic heterocycles. The molecule has 4 rings (SSSR count). The van der Waals surface area contributed by atoms with E-state index in [0.717, 1.165) is 6.07 Å². The first kappa shape index (κ1) is 22.2. The molecule has 164 valence electrons. The van der Waals surface area contributed by atoms with Crippen LogP contribution >= 0.6 is 23.2 Å². The second-order valence-corrected chi connectivity index (χ2v) is 7.63. The van der Waals surface area contributed by atoms with Gasteiger partial charge in [-0.1, -0.05) is 41.4 Å². The van der Waals surface area contributed by atoms with E-state index in [1.807, 2.05) is 0 Å². The van der Waals surface area contributed by atoms with Gasteiger partial charge in [0.05, 0.1) is 16.0 Å². The van der Waals surface area contributed by atoms with Crippen molar-refractivity contribution in [1.29, 1.82) is 0 Å². The zero-order valence-corrected chi connectivity index (χ0v) is 17.5. The Morgan fingerprint density at radius 3 is 2.34 bits per heavy atom. The number of hydrogen-bond acceptors (Lipinski definition) is 3. The molecule has 4 aromatic rings. The lowest BCUT2D eigenvalue weighted by Gasteiger charge is -2.14. The van der Waals surface area contributed by atoms with Gasteiger partial charge in [-0.3, -0.25) is 4.79 Å². The molecule has 0 unspecified atom stereocenters. The zero-order chi connectivity index (χ0) is 23.0. The highest BCUT2D eigenvalue weighted by molar-refractivity contribution is 6.31. The van der Waals surface area contributed by atoms with Crippen LogP contribution in [0.5, 0.6) is 5.75 Å². The van der Waals surface area contributed by atoms with Crippen molar-refractivity contribution in [3.05, 3.63) is 98.1 Å². The summed E-state index contributed by atoms with van der Waals surface area (Å²) in [6.07, 6.45) is -4.93. The van der Waals surface area contributed by atoms with Crippen LogP contribution in [-0.4, -0.2) is 0 Å². The third kappa shape index (κ3) is 4.31. The summed E-state index contributed by atoms with van der Waals surface area (Å²) in [5, 5.41) is 0.382. The molecule has 0 aliphatic carbocycles. The molecule has 0 amide bonds. The number of ether oxygens (including phenoxy) is 1. The van der Waals surface area contributed by atoms with Gasteiger partial charge in [0.25, 0.3) is 0 Å². The molecule has 0 aliphatic rings. The first-order valence-electron chi connectivity index (χ1n) is 9.15. The van der Waals surface area contributed by atoms with E-state index in [0.29, 0.717) is 5.02 Å². The summed E-state index contributed by atoms with van der Waals surface area (Å²) in [5.41, 5.74) is -1.69. The quantitative estimate of drug-likeness (QED) is 0.282. The first-order chi connectivity index (χ1) is 15.1. The Hall–Kier alpha value is -3.03. The minimum absolute atomic E-state index is 0.0203. The molecule has 0 fully saturated rings. The van der Waals surface area contributed by atoms with Crippen LogP contribution in [0.15, 0.2) is 69.9 Å². The van der Waals surface area contributed by atoms with Gasteiger partial charge in [-0.2, -0.15) is 13.2 Å². The zero-order valence-electron chi connectivity index (χ0n) is 16.0. The largest absolute Gasteiger partial charge is 0.489 e. The number of rotatable bonds is 4. The molecular formula is C23H12Cl2F4O3. The number of benzene rings is 3. The third-order valence-corrected chi connectivity index (χ3v) is 5.31. The molecule has 0 saturated carbocycles. The van der Waals surface area contributed by atoms with Crippen molar-refractivity contribution in [3.8, 4) is 16.9 Å². The highest BCUT2D eigenvalue weighted by atomic mass is 35.5. The summed E-state index contributed by atoms with van der Waals surface area (Å²) in [7, 11) is 0. The SMILES string of the molecule is O=c1c(-c2ccc(Cl)cc2)c(C(F)(F)F)oc2cc(OCc3c(F)cccc3Cl)ccc12. The lowest BCUT2D eigenvalue weighted by Crippen LogP contribution is -2.16. The predicted molar refractivity (Wildman–Crippen MR) is 114 cm³/mol. The smallest absolute Gasteiger partial charge is 0.450 e. The van der Waals surface area contributed by atoms with E-state index in [1.165, 1.54) is 54.6 Å². The van der Waals surface area contributed by atoms with E-state index in [-0.39, 0.29) is 39.5 Å². The molecular weight excluding hydrogens is 471 g/mol. The maximum Gasteiger partial charge on any atom is 0.450 e. The van der Waals surface area contributed by atoms with E-state index in [2.05, 4.69) is 0 Å². The maximum atomic E-state index is 13.9. The van der Waals surface area contributed by atoms with Crippen molar-refractivity contribution in [2.24, 2.45) is 0 Å². The van der Waals surface area contributed by atoms with Gasteiger partial charge in [0.2, 0.25) is 11.2 Å². The second-order valence-electron chi connectivity index (χ2n) is 6.79. The average molecular weight is 483 g/mol. The molecule has 32 heavy (non-hydrogen) atoms. The Bertz CT molecular complexity index is 1340. The van der Waals surface area contributed by atoms with E-state index >= 15 is 0 Å². The highest BCUT2D eigenvalue weighted by Gasteiger charge is 2.39. The molecule has 0 atom stereocenters. The molecule has 0 N–H and O–H groups in total. The Labute approximate surface area is 188 Å². The van der Waals surface area contributed by atoms with Crippen molar-refractivity contribution in [2.75, 3.05) is 0 Å². The normalized spacial score (nSPS) is 11.7. The molecule has 0 spiro atoms. The summed E-state index contributed by atoms with van der Waals surface area (Å²) in [4.78, 5) is 13.0. The first-order valence-corrected chi connectivity index (χ1v) is 9.90. The van der Waals surface area contributed by atoms with Crippen LogP contribution in [0, 0.1) is 5.82 Å². The predicted octanol–water partition coefficient (Wildman–Crippen LogP) is 7.50. The van der Waals surface area contributed by atoms with Gasteiger partial charge in [0, 0.05) is 16.7 Å². The second kappa shape index (κ2) is 8.48. The molecule has 3 nitrogen and oxygen atoms in total. The van der Waals surface area contributed by atoms with Crippen molar-refractivity contribution in [3.63, 3.8) is 0 Å². The highest BCUT2D eigenvalue weighted by Crippen LogP contribution is 2.38. The average Bonchev–Trinajstić information content (AvgIpc) is 2.73. The van der Waals surface area contributed by atoms with Gasteiger partial charge in [0.15, 0.2) is 0 Å². The van der Waals surface area contributed by atoms with Crippen molar-refractivity contribution in [2.45, 2.75) is 12.8 Å². The van der Waals surface area contributed by atoms with Crippen molar-refractivity contribution in [1.82, 2.24) is 0 Å². The van der Waals surface area contributed by atoms with E-state index < -0.39 is 28.7 Å². The standard InChI is InChI=1S/C23H12Cl2F4O3/c24-13-6-4-12(5-7-13)20-21(30)15-9-8-14(10-19(15)32-22(20)23(27,28)29)31-11-16-17(25)2-1-3-18(16)26/h1-10H,11H2. The van der Waals surface area contributed by atoms with Gasteiger partial charge >= 0.3 is 6.18 Å². The topological polar surface area (TPSA) is 39.4 Å². The van der Waals surface area contributed by atoms with Crippen molar-refractivity contribution >= 4 is 34.2 Å². The van der Waals surface area contributed by atoms with Crippen LogP contribution in [0.2, 0.25) is 10.0 Å². The Morgan fingerprint density at radius 2 is 1.69 bits per heavy atom. The molecule has 0 radical (unpaired) electrons. The van der Waals surface area contributed by atoms with Crippen LogP contribution in [0.1, 0.15) is 11.3 Å². The fourth-order valence-electron chi connectivity index (χ4n) is 3.17. The summed E-state index contributed by atoms with van der Waals surface area (Å²) in [5.74, 6) is -1.95. The van der Waals surface area contributed by atoms with E-state index in [1.54, 1.807) is 0 Å².